The molecule has 88 valence electrons. The molecule has 0 aliphatic heterocycles. The highest BCUT2D eigenvalue weighted by Crippen LogP contribution is 2.24. The van der Waals surface area contributed by atoms with Gasteiger partial charge in [-0.15, -0.1) is 11.3 Å². The molecule has 1 aromatic carbocycles. The van der Waals surface area contributed by atoms with Gasteiger partial charge in [0.25, 0.3) is 0 Å². The molecule has 0 fully saturated rings. The topological polar surface area (TPSA) is 20.3 Å². The SMILES string of the molecule is CN(Cc1cc(Br)cs1)c1ccccc1C=O. The summed E-state index contributed by atoms with van der Waals surface area (Å²) in [7, 11) is 2.00. The van der Waals surface area contributed by atoms with Crippen molar-refractivity contribution in [3.63, 3.8) is 0 Å². The Morgan fingerprint density at radius 2 is 2.18 bits per heavy atom. The van der Waals surface area contributed by atoms with Gasteiger partial charge in [-0.3, -0.25) is 4.79 Å². The molecule has 1 heterocycles. The quantitative estimate of drug-likeness (QED) is 0.797. The molecule has 2 aromatic rings. The molecule has 4 heteroatoms. The van der Waals surface area contributed by atoms with Crippen LogP contribution in [0.15, 0.2) is 40.2 Å². The van der Waals surface area contributed by atoms with Crippen molar-refractivity contribution in [2.75, 3.05) is 11.9 Å². The highest BCUT2D eigenvalue weighted by atomic mass is 79.9. The Kier molecular flexibility index (Phi) is 3.97. The zero-order valence-corrected chi connectivity index (χ0v) is 11.8. The van der Waals surface area contributed by atoms with Gasteiger partial charge in [-0.25, -0.2) is 0 Å². The number of aldehydes is 1. The van der Waals surface area contributed by atoms with Gasteiger partial charge in [0.15, 0.2) is 6.29 Å². The third kappa shape index (κ3) is 2.96. The van der Waals surface area contributed by atoms with Crippen LogP contribution in [-0.2, 0) is 6.54 Å². The van der Waals surface area contributed by atoms with E-state index in [1.54, 1.807) is 11.3 Å². The Balaban J connectivity index is 2.19. The number of nitrogens with zero attached hydrogens (tertiary/aromatic N) is 1. The third-order valence-corrected chi connectivity index (χ3v) is 4.17. The van der Waals surface area contributed by atoms with Crippen LogP contribution in [0.1, 0.15) is 15.2 Å². The highest BCUT2D eigenvalue weighted by molar-refractivity contribution is 9.10. The molecular formula is C13H12BrNOS. The van der Waals surface area contributed by atoms with Crippen LogP contribution in [0.5, 0.6) is 0 Å². The molecule has 2 nitrogen and oxygen atoms in total. The fourth-order valence-corrected chi connectivity index (χ4v) is 3.19. The summed E-state index contributed by atoms with van der Waals surface area (Å²) in [5.41, 5.74) is 1.69. The zero-order chi connectivity index (χ0) is 12.3. The molecule has 0 aliphatic rings. The fraction of sp³-hybridized carbons (Fsp3) is 0.154. The molecule has 0 N–H and O–H groups in total. The molecule has 0 saturated carbocycles. The van der Waals surface area contributed by atoms with Gasteiger partial charge in [0.1, 0.15) is 0 Å². The lowest BCUT2D eigenvalue weighted by Crippen LogP contribution is -2.17. The van der Waals surface area contributed by atoms with Crippen molar-refractivity contribution in [3.8, 4) is 0 Å². The predicted octanol–water partition coefficient (Wildman–Crippen LogP) is 3.96. The van der Waals surface area contributed by atoms with Gasteiger partial charge in [0, 0.05) is 33.0 Å². The summed E-state index contributed by atoms with van der Waals surface area (Å²) in [6.07, 6.45) is 0.899. The zero-order valence-electron chi connectivity index (χ0n) is 9.39. The highest BCUT2D eigenvalue weighted by Gasteiger charge is 2.07. The van der Waals surface area contributed by atoms with E-state index < -0.39 is 0 Å². The van der Waals surface area contributed by atoms with E-state index in [-0.39, 0.29) is 0 Å². The Bertz CT molecular complexity index is 524. The first kappa shape index (κ1) is 12.3. The van der Waals surface area contributed by atoms with Gasteiger partial charge in [-0.1, -0.05) is 12.1 Å². The number of carbonyl (C=O) groups excluding carboxylic acids is 1. The smallest absolute Gasteiger partial charge is 0.152 e. The second-order valence-corrected chi connectivity index (χ2v) is 5.68. The van der Waals surface area contributed by atoms with Gasteiger partial charge in [-0.05, 0) is 34.1 Å². The second kappa shape index (κ2) is 5.47. The first-order chi connectivity index (χ1) is 8.20. The Morgan fingerprint density at radius 3 is 2.82 bits per heavy atom. The summed E-state index contributed by atoms with van der Waals surface area (Å²) < 4.78 is 1.11. The Labute approximate surface area is 113 Å². The minimum Gasteiger partial charge on any atom is -0.369 e. The van der Waals surface area contributed by atoms with E-state index in [1.165, 1.54) is 4.88 Å². The van der Waals surface area contributed by atoms with Crippen LogP contribution in [0.25, 0.3) is 0 Å². The van der Waals surface area contributed by atoms with Crippen LogP contribution in [0, 0.1) is 0 Å². The van der Waals surface area contributed by atoms with Gasteiger partial charge >= 0.3 is 0 Å². The third-order valence-electron chi connectivity index (χ3n) is 2.49. The summed E-state index contributed by atoms with van der Waals surface area (Å²) in [6.45, 7) is 0.807. The Morgan fingerprint density at radius 1 is 1.41 bits per heavy atom. The molecule has 0 bridgehead atoms. The molecule has 0 atom stereocenters. The van der Waals surface area contributed by atoms with Gasteiger partial charge in [-0.2, -0.15) is 0 Å². The number of carbonyl (C=O) groups is 1. The molecule has 17 heavy (non-hydrogen) atoms. The molecule has 0 saturated heterocycles. The molecule has 0 amide bonds. The fourth-order valence-electron chi connectivity index (χ4n) is 1.69. The molecule has 0 aliphatic carbocycles. The van der Waals surface area contributed by atoms with E-state index in [0.717, 1.165) is 28.6 Å². The summed E-state index contributed by atoms with van der Waals surface area (Å²) in [6, 6.07) is 9.73. The largest absolute Gasteiger partial charge is 0.369 e. The minimum absolute atomic E-state index is 0.727. The maximum absolute atomic E-state index is 11.0. The van der Waals surface area contributed by atoms with E-state index in [4.69, 9.17) is 0 Å². The number of benzene rings is 1. The number of anilines is 1. The average Bonchev–Trinajstić information content (AvgIpc) is 2.74. The van der Waals surface area contributed by atoms with Gasteiger partial charge in [0.05, 0.1) is 6.54 Å². The summed E-state index contributed by atoms with van der Waals surface area (Å²) in [5.74, 6) is 0. The van der Waals surface area contributed by atoms with Gasteiger partial charge < -0.3 is 4.90 Å². The molecule has 2 rings (SSSR count). The number of hydrogen-bond donors (Lipinski definition) is 0. The van der Waals surface area contributed by atoms with Crippen LogP contribution >= 0.6 is 27.3 Å². The predicted molar refractivity (Wildman–Crippen MR) is 76.0 cm³/mol. The van der Waals surface area contributed by atoms with Crippen LogP contribution in [0.4, 0.5) is 5.69 Å². The van der Waals surface area contributed by atoms with E-state index in [0.29, 0.717) is 0 Å². The summed E-state index contributed by atoms with van der Waals surface area (Å²) >= 11 is 5.15. The maximum Gasteiger partial charge on any atom is 0.152 e. The van der Waals surface area contributed by atoms with E-state index in [2.05, 4.69) is 32.3 Å². The number of halogens is 1. The number of rotatable bonds is 4. The van der Waals surface area contributed by atoms with Crippen molar-refractivity contribution in [1.29, 1.82) is 0 Å². The summed E-state index contributed by atoms with van der Waals surface area (Å²) in [4.78, 5) is 14.3. The minimum atomic E-state index is 0.727. The van der Waals surface area contributed by atoms with Crippen LogP contribution in [0.2, 0.25) is 0 Å². The summed E-state index contributed by atoms with van der Waals surface area (Å²) in [5, 5.41) is 2.06. The Hall–Kier alpha value is -1.13. The van der Waals surface area contributed by atoms with Gasteiger partial charge in [0.2, 0.25) is 0 Å². The van der Waals surface area contributed by atoms with Crippen molar-refractivity contribution in [2.24, 2.45) is 0 Å². The first-order valence-electron chi connectivity index (χ1n) is 5.19. The van der Waals surface area contributed by atoms with Crippen molar-refractivity contribution in [1.82, 2.24) is 0 Å². The lowest BCUT2D eigenvalue weighted by atomic mass is 10.2. The van der Waals surface area contributed by atoms with Crippen LogP contribution in [-0.4, -0.2) is 13.3 Å². The van der Waals surface area contributed by atoms with E-state index >= 15 is 0 Å². The van der Waals surface area contributed by atoms with Crippen LogP contribution < -0.4 is 4.90 Å². The normalized spacial score (nSPS) is 10.2. The lowest BCUT2D eigenvalue weighted by Gasteiger charge is -2.19. The second-order valence-electron chi connectivity index (χ2n) is 3.76. The molecule has 0 radical (unpaired) electrons. The van der Waals surface area contributed by atoms with Crippen molar-refractivity contribution >= 4 is 39.2 Å². The average molecular weight is 310 g/mol. The molecule has 0 unspecified atom stereocenters. The monoisotopic (exact) mass is 309 g/mol. The standard InChI is InChI=1S/C13H12BrNOS/c1-15(7-12-6-11(14)9-17-12)13-5-3-2-4-10(13)8-16/h2-6,8-9H,7H2,1H3. The molecule has 1 aromatic heterocycles. The lowest BCUT2D eigenvalue weighted by molar-refractivity contribution is 0.112. The van der Waals surface area contributed by atoms with E-state index in [1.807, 2.05) is 31.3 Å². The maximum atomic E-state index is 11.0. The number of thiophene rings is 1. The number of hydrogen-bond acceptors (Lipinski definition) is 3. The molecular weight excluding hydrogens is 298 g/mol. The van der Waals surface area contributed by atoms with E-state index in [9.17, 15) is 4.79 Å². The van der Waals surface area contributed by atoms with Crippen LogP contribution in [0.3, 0.4) is 0 Å². The van der Waals surface area contributed by atoms with Crippen molar-refractivity contribution < 1.29 is 4.79 Å². The van der Waals surface area contributed by atoms with Crippen molar-refractivity contribution in [2.45, 2.75) is 6.54 Å². The number of para-hydroxylation sites is 1. The van der Waals surface area contributed by atoms with Crippen molar-refractivity contribution in [3.05, 3.63) is 50.6 Å². The first-order valence-corrected chi connectivity index (χ1v) is 6.86. The molecule has 0 spiro atoms.